The van der Waals surface area contributed by atoms with E-state index in [0.29, 0.717) is 16.7 Å². The van der Waals surface area contributed by atoms with Crippen LogP contribution in [-0.4, -0.2) is 19.6 Å². The van der Waals surface area contributed by atoms with Crippen LogP contribution in [0.4, 0.5) is 0 Å². The van der Waals surface area contributed by atoms with Gasteiger partial charge in [0, 0.05) is 6.54 Å². The van der Waals surface area contributed by atoms with Gasteiger partial charge in [-0.3, -0.25) is 4.79 Å². The summed E-state index contributed by atoms with van der Waals surface area (Å²) in [6.45, 7) is 7.21. The fraction of sp³-hybridized carbons (Fsp3) is 0.536. The van der Waals surface area contributed by atoms with Gasteiger partial charge in [0.15, 0.2) is 0 Å². The van der Waals surface area contributed by atoms with Gasteiger partial charge >= 0.3 is 0 Å². The summed E-state index contributed by atoms with van der Waals surface area (Å²) in [7, 11) is 1.64. The molecule has 0 saturated heterocycles. The molecule has 4 saturated carbocycles. The lowest BCUT2D eigenvalue weighted by Crippen LogP contribution is -2.57. The molecule has 6 rings (SSSR count). The molecule has 3 nitrogen and oxygen atoms in total. The molecule has 0 heterocycles. The Morgan fingerprint density at radius 3 is 2.42 bits per heavy atom. The zero-order valence-corrected chi connectivity index (χ0v) is 19.4. The van der Waals surface area contributed by atoms with Crippen LogP contribution in [0.3, 0.4) is 0 Å². The molecule has 2 atom stereocenters. The van der Waals surface area contributed by atoms with Gasteiger partial charge in [-0.25, -0.2) is 0 Å². The van der Waals surface area contributed by atoms with Gasteiger partial charge in [-0.2, -0.15) is 0 Å². The van der Waals surface area contributed by atoms with Gasteiger partial charge < -0.3 is 10.1 Å². The van der Waals surface area contributed by atoms with E-state index in [1.165, 1.54) is 49.7 Å². The van der Waals surface area contributed by atoms with Crippen molar-refractivity contribution in [3.63, 3.8) is 0 Å². The molecule has 2 aromatic rings. The lowest BCUT2D eigenvalue weighted by Gasteiger charge is -2.62. The molecular formula is C28H35NO2. The average Bonchev–Trinajstić information content (AvgIpc) is 2.73. The van der Waals surface area contributed by atoms with E-state index >= 15 is 0 Å². The molecule has 164 valence electrons. The number of aryl methyl sites for hydroxylation is 3. The molecule has 4 aliphatic carbocycles. The topological polar surface area (TPSA) is 38.3 Å². The zero-order valence-electron chi connectivity index (χ0n) is 19.4. The van der Waals surface area contributed by atoms with Gasteiger partial charge in [-0.15, -0.1) is 0 Å². The molecule has 0 aliphatic heterocycles. The third-order valence-electron chi connectivity index (χ3n) is 8.59. The van der Waals surface area contributed by atoms with Crippen LogP contribution in [0.5, 0.6) is 5.75 Å². The Morgan fingerprint density at radius 2 is 1.74 bits per heavy atom. The number of ether oxygens (including phenoxy) is 1. The molecule has 0 aromatic heterocycles. The second kappa shape index (κ2) is 7.39. The summed E-state index contributed by atoms with van der Waals surface area (Å²) in [6, 6.07) is 12.9. The first-order valence-corrected chi connectivity index (χ1v) is 11.8. The third kappa shape index (κ3) is 3.46. The third-order valence-corrected chi connectivity index (χ3v) is 8.59. The lowest BCUT2D eigenvalue weighted by molar-refractivity contribution is -0.0697. The molecule has 0 spiro atoms. The van der Waals surface area contributed by atoms with Crippen LogP contribution in [0.1, 0.15) is 71.1 Å². The number of rotatable bonds is 5. The van der Waals surface area contributed by atoms with Crippen LogP contribution in [0.2, 0.25) is 0 Å². The van der Waals surface area contributed by atoms with E-state index in [0.717, 1.165) is 23.9 Å². The fourth-order valence-corrected chi connectivity index (χ4v) is 7.53. The SMILES string of the molecule is COc1c(C)cccc1C(=O)NCC12CC3CC(C1)CC(c1ccc(C)c(C)c1)(C3)C2. The molecule has 1 amide bonds. The molecule has 31 heavy (non-hydrogen) atoms. The number of carbonyl (C=O) groups is 1. The van der Waals surface area contributed by atoms with Crippen molar-refractivity contribution in [3.05, 3.63) is 64.2 Å². The average molecular weight is 418 g/mol. The second-order valence-electron chi connectivity index (χ2n) is 10.9. The summed E-state index contributed by atoms with van der Waals surface area (Å²) >= 11 is 0. The van der Waals surface area contributed by atoms with Crippen molar-refractivity contribution in [3.8, 4) is 5.75 Å². The predicted octanol–water partition coefficient (Wildman–Crippen LogP) is 5.89. The first-order chi connectivity index (χ1) is 14.8. The lowest BCUT2D eigenvalue weighted by atomic mass is 9.43. The number of nitrogens with one attached hydrogen (secondary N) is 1. The van der Waals surface area contributed by atoms with Gasteiger partial charge in [-0.1, -0.05) is 30.3 Å². The quantitative estimate of drug-likeness (QED) is 0.659. The molecule has 2 unspecified atom stereocenters. The fourth-order valence-electron chi connectivity index (χ4n) is 7.53. The van der Waals surface area contributed by atoms with Crippen LogP contribution in [0.15, 0.2) is 36.4 Å². The van der Waals surface area contributed by atoms with Gasteiger partial charge in [0.1, 0.15) is 5.75 Å². The van der Waals surface area contributed by atoms with E-state index in [1.54, 1.807) is 12.7 Å². The minimum absolute atomic E-state index is 0.00322. The summed E-state index contributed by atoms with van der Waals surface area (Å²) in [4.78, 5) is 13.1. The minimum Gasteiger partial charge on any atom is -0.496 e. The summed E-state index contributed by atoms with van der Waals surface area (Å²) in [5, 5.41) is 3.33. The highest BCUT2D eigenvalue weighted by molar-refractivity contribution is 5.97. The van der Waals surface area contributed by atoms with Crippen molar-refractivity contribution in [2.75, 3.05) is 13.7 Å². The molecule has 4 aliphatic rings. The highest BCUT2D eigenvalue weighted by Gasteiger charge is 2.58. The monoisotopic (exact) mass is 417 g/mol. The van der Waals surface area contributed by atoms with E-state index in [-0.39, 0.29) is 11.3 Å². The Hall–Kier alpha value is -2.29. The summed E-state index contributed by atoms with van der Waals surface area (Å²) in [5.74, 6) is 2.29. The van der Waals surface area contributed by atoms with Crippen LogP contribution in [0.25, 0.3) is 0 Å². The van der Waals surface area contributed by atoms with Crippen molar-refractivity contribution in [2.24, 2.45) is 17.3 Å². The van der Waals surface area contributed by atoms with Gasteiger partial charge in [0.2, 0.25) is 0 Å². The largest absolute Gasteiger partial charge is 0.496 e. The smallest absolute Gasteiger partial charge is 0.255 e. The Labute approximate surface area is 186 Å². The highest BCUT2D eigenvalue weighted by atomic mass is 16.5. The van der Waals surface area contributed by atoms with E-state index in [1.807, 2.05) is 25.1 Å². The van der Waals surface area contributed by atoms with Crippen molar-refractivity contribution >= 4 is 5.91 Å². The van der Waals surface area contributed by atoms with Gasteiger partial charge in [-0.05, 0) is 110 Å². The number of methoxy groups -OCH3 is 1. The van der Waals surface area contributed by atoms with Crippen LogP contribution in [0, 0.1) is 38.0 Å². The molecule has 0 radical (unpaired) electrons. The minimum atomic E-state index is -0.00322. The van der Waals surface area contributed by atoms with Crippen LogP contribution in [-0.2, 0) is 5.41 Å². The summed E-state index contributed by atoms with van der Waals surface area (Å²) in [6.07, 6.45) is 7.78. The number of para-hydroxylation sites is 1. The molecule has 3 heteroatoms. The zero-order chi connectivity index (χ0) is 21.8. The van der Waals surface area contributed by atoms with Crippen molar-refractivity contribution in [2.45, 2.75) is 64.7 Å². The molecular weight excluding hydrogens is 382 g/mol. The number of amides is 1. The first kappa shape index (κ1) is 20.6. The van der Waals surface area contributed by atoms with E-state index in [9.17, 15) is 4.79 Å². The van der Waals surface area contributed by atoms with Gasteiger partial charge in [0.25, 0.3) is 5.91 Å². The Kier molecular flexibility index (Phi) is 4.91. The number of hydrogen-bond acceptors (Lipinski definition) is 2. The van der Waals surface area contributed by atoms with Crippen LogP contribution < -0.4 is 10.1 Å². The normalized spacial score (nSPS) is 31.0. The maximum Gasteiger partial charge on any atom is 0.255 e. The number of hydrogen-bond donors (Lipinski definition) is 1. The Balaban J connectivity index is 1.39. The standard InChI is InChI=1S/C28H35NO2/c1-18-8-9-23(10-20(18)3)28-14-21-11-22(15-28)13-27(12-21,16-28)17-29-26(30)24-7-5-6-19(2)25(24)31-4/h5-10,21-22H,11-17H2,1-4H3,(H,29,30). The summed E-state index contributed by atoms with van der Waals surface area (Å²) in [5.41, 5.74) is 6.50. The molecule has 4 fully saturated rings. The van der Waals surface area contributed by atoms with Crippen LogP contribution >= 0.6 is 0 Å². The van der Waals surface area contributed by atoms with E-state index in [2.05, 4.69) is 37.4 Å². The predicted molar refractivity (Wildman–Crippen MR) is 125 cm³/mol. The highest BCUT2D eigenvalue weighted by Crippen LogP contribution is 2.65. The molecule has 1 N–H and O–H groups in total. The van der Waals surface area contributed by atoms with E-state index in [4.69, 9.17) is 4.74 Å². The van der Waals surface area contributed by atoms with Crippen molar-refractivity contribution < 1.29 is 9.53 Å². The van der Waals surface area contributed by atoms with E-state index < -0.39 is 0 Å². The molecule has 2 aromatic carbocycles. The Bertz CT molecular complexity index is 1010. The number of benzene rings is 2. The summed E-state index contributed by atoms with van der Waals surface area (Å²) < 4.78 is 5.53. The Morgan fingerprint density at radius 1 is 1.00 bits per heavy atom. The maximum atomic E-state index is 13.1. The van der Waals surface area contributed by atoms with Gasteiger partial charge in [0.05, 0.1) is 12.7 Å². The first-order valence-electron chi connectivity index (χ1n) is 11.8. The second-order valence-corrected chi connectivity index (χ2v) is 10.9. The van der Waals surface area contributed by atoms with Crippen molar-refractivity contribution in [1.82, 2.24) is 5.32 Å². The number of carbonyl (C=O) groups excluding carboxylic acids is 1. The van der Waals surface area contributed by atoms with Crippen molar-refractivity contribution in [1.29, 1.82) is 0 Å². The maximum absolute atomic E-state index is 13.1. The molecule has 4 bridgehead atoms.